The molecule has 1 heterocycles. The van der Waals surface area contributed by atoms with E-state index in [0.29, 0.717) is 0 Å². The largest absolute Gasteiger partial charge is 0.315 e. The number of rotatable bonds is 3. The van der Waals surface area contributed by atoms with Gasteiger partial charge in [-0.2, -0.15) is 0 Å². The maximum absolute atomic E-state index is 11.3. The third kappa shape index (κ3) is 2.43. The van der Waals surface area contributed by atoms with E-state index in [1.165, 1.54) is 0 Å². The highest BCUT2D eigenvalue weighted by molar-refractivity contribution is 7.90. The van der Waals surface area contributed by atoms with Crippen LogP contribution >= 0.6 is 0 Å². The lowest BCUT2D eigenvalue weighted by Crippen LogP contribution is -2.40. The van der Waals surface area contributed by atoms with Crippen LogP contribution in [0.2, 0.25) is 0 Å². The van der Waals surface area contributed by atoms with Crippen molar-refractivity contribution in [2.24, 2.45) is 0 Å². The minimum atomic E-state index is -3.07. The van der Waals surface area contributed by atoms with E-state index < -0.39 is 10.0 Å². The first-order valence-corrected chi connectivity index (χ1v) is 5.79. The van der Waals surface area contributed by atoms with Crippen molar-refractivity contribution in [3.63, 3.8) is 0 Å². The van der Waals surface area contributed by atoms with Crippen LogP contribution in [0.15, 0.2) is 0 Å². The van der Waals surface area contributed by atoms with E-state index in [1.54, 1.807) is 13.8 Å². The van der Waals surface area contributed by atoms with Gasteiger partial charge in [-0.1, -0.05) is 0 Å². The van der Waals surface area contributed by atoms with Gasteiger partial charge in [0.2, 0.25) is 10.0 Å². The van der Waals surface area contributed by atoms with Crippen LogP contribution in [-0.2, 0) is 10.0 Å². The summed E-state index contributed by atoms with van der Waals surface area (Å²) in [4.78, 5) is 0. The van der Waals surface area contributed by atoms with Crippen molar-refractivity contribution in [1.29, 1.82) is 0 Å². The van der Waals surface area contributed by atoms with Gasteiger partial charge in [0.15, 0.2) is 0 Å². The highest BCUT2D eigenvalue weighted by Crippen LogP contribution is 2.03. The Morgan fingerprint density at radius 3 is 2.58 bits per heavy atom. The zero-order valence-corrected chi connectivity index (χ0v) is 8.32. The number of hydrogen-bond acceptors (Lipinski definition) is 3. The van der Waals surface area contributed by atoms with Gasteiger partial charge in [-0.25, -0.2) is 13.1 Å². The van der Waals surface area contributed by atoms with Gasteiger partial charge in [0.25, 0.3) is 0 Å². The molecule has 1 rings (SSSR count). The van der Waals surface area contributed by atoms with Crippen molar-refractivity contribution in [2.45, 2.75) is 31.6 Å². The molecule has 0 aliphatic carbocycles. The van der Waals surface area contributed by atoms with E-state index in [0.717, 1.165) is 19.5 Å². The smallest absolute Gasteiger partial charge is 0.214 e. The molecule has 0 aromatic carbocycles. The second kappa shape index (κ2) is 3.72. The van der Waals surface area contributed by atoms with Gasteiger partial charge in [-0.3, -0.25) is 0 Å². The minimum absolute atomic E-state index is 0.0948. The summed E-state index contributed by atoms with van der Waals surface area (Å²) in [6.07, 6.45) is 0.895. The molecule has 12 heavy (non-hydrogen) atoms. The van der Waals surface area contributed by atoms with Crippen molar-refractivity contribution in [3.8, 4) is 0 Å². The molecule has 1 atom stereocenters. The molecule has 0 aromatic rings. The molecule has 0 radical (unpaired) electrons. The predicted molar refractivity (Wildman–Crippen MR) is 48.5 cm³/mol. The second-order valence-corrected chi connectivity index (χ2v) is 5.67. The standard InChI is InChI=1S/C7H16N2O2S/c1-6(2)12(10,11)9-7-3-4-8-5-7/h6-9H,3-5H2,1-2H3. The Kier molecular flexibility index (Phi) is 3.09. The molecule has 1 saturated heterocycles. The first-order chi connectivity index (χ1) is 5.52. The number of nitrogens with one attached hydrogen (secondary N) is 2. The fourth-order valence-electron chi connectivity index (χ4n) is 1.12. The quantitative estimate of drug-likeness (QED) is 0.644. The monoisotopic (exact) mass is 192 g/mol. The molecule has 0 amide bonds. The first kappa shape index (κ1) is 9.95. The van der Waals surface area contributed by atoms with Crippen LogP contribution in [0.4, 0.5) is 0 Å². The lowest BCUT2D eigenvalue weighted by Gasteiger charge is -2.13. The van der Waals surface area contributed by atoms with Crippen LogP contribution in [0.3, 0.4) is 0 Å². The molecular formula is C7H16N2O2S. The van der Waals surface area contributed by atoms with Gasteiger partial charge in [-0.05, 0) is 26.8 Å². The molecule has 1 fully saturated rings. The van der Waals surface area contributed by atoms with Gasteiger partial charge in [0, 0.05) is 12.6 Å². The van der Waals surface area contributed by atoms with E-state index in [4.69, 9.17) is 0 Å². The summed E-state index contributed by atoms with van der Waals surface area (Å²) in [7, 11) is -3.07. The Labute approximate surface area is 73.8 Å². The van der Waals surface area contributed by atoms with Gasteiger partial charge in [-0.15, -0.1) is 0 Å². The lowest BCUT2D eigenvalue weighted by molar-refractivity contribution is 0.551. The highest BCUT2D eigenvalue weighted by atomic mass is 32.2. The fraction of sp³-hybridized carbons (Fsp3) is 1.00. The van der Waals surface area contributed by atoms with Crippen LogP contribution in [0.5, 0.6) is 0 Å². The molecule has 1 aliphatic heterocycles. The summed E-state index contributed by atoms with van der Waals surface area (Å²) >= 11 is 0. The summed E-state index contributed by atoms with van der Waals surface area (Å²) in [6.45, 7) is 5.03. The number of sulfonamides is 1. The molecule has 4 nitrogen and oxygen atoms in total. The Morgan fingerprint density at radius 2 is 2.17 bits per heavy atom. The molecule has 1 aliphatic rings. The highest BCUT2D eigenvalue weighted by Gasteiger charge is 2.23. The molecule has 0 saturated carbocycles. The zero-order chi connectivity index (χ0) is 9.19. The average Bonchev–Trinajstić information content (AvgIpc) is 2.38. The van der Waals surface area contributed by atoms with Crippen molar-refractivity contribution in [3.05, 3.63) is 0 Å². The Balaban J connectivity index is 2.49. The molecular weight excluding hydrogens is 176 g/mol. The molecule has 2 N–H and O–H groups in total. The van der Waals surface area contributed by atoms with E-state index in [1.807, 2.05) is 0 Å². The average molecular weight is 192 g/mol. The molecule has 0 spiro atoms. The lowest BCUT2D eigenvalue weighted by atomic mass is 10.3. The molecule has 0 bridgehead atoms. The third-order valence-corrected chi connectivity index (χ3v) is 3.91. The molecule has 72 valence electrons. The van der Waals surface area contributed by atoms with E-state index >= 15 is 0 Å². The maximum atomic E-state index is 11.3. The third-order valence-electron chi connectivity index (χ3n) is 2.01. The van der Waals surface area contributed by atoms with Crippen molar-refractivity contribution in [1.82, 2.24) is 10.0 Å². The molecule has 5 heteroatoms. The second-order valence-electron chi connectivity index (χ2n) is 3.40. The van der Waals surface area contributed by atoms with Gasteiger partial charge < -0.3 is 5.32 Å². The van der Waals surface area contributed by atoms with Crippen molar-refractivity contribution in [2.75, 3.05) is 13.1 Å². The SMILES string of the molecule is CC(C)S(=O)(=O)NC1CCNC1. The van der Waals surface area contributed by atoms with Gasteiger partial charge in [0.1, 0.15) is 0 Å². The van der Waals surface area contributed by atoms with Crippen LogP contribution < -0.4 is 10.0 Å². The summed E-state index contributed by atoms with van der Waals surface area (Å²) in [6, 6.07) is 0.0948. The zero-order valence-electron chi connectivity index (χ0n) is 7.50. The first-order valence-electron chi connectivity index (χ1n) is 4.24. The molecule has 1 unspecified atom stereocenters. The van der Waals surface area contributed by atoms with E-state index in [-0.39, 0.29) is 11.3 Å². The van der Waals surface area contributed by atoms with Crippen LogP contribution in [0, 0.1) is 0 Å². The summed E-state index contributed by atoms with van der Waals surface area (Å²) in [5.41, 5.74) is 0. The van der Waals surface area contributed by atoms with Crippen molar-refractivity contribution < 1.29 is 8.42 Å². The van der Waals surface area contributed by atoms with Gasteiger partial charge >= 0.3 is 0 Å². The fourth-order valence-corrected chi connectivity index (χ4v) is 2.06. The topological polar surface area (TPSA) is 58.2 Å². The Bertz CT molecular complexity index is 230. The maximum Gasteiger partial charge on any atom is 0.214 e. The normalized spacial score (nSPS) is 25.1. The Hall–Kier alpha value is -0.130. The van der Waals surface area contributed by atoms with E-state index in [2.05, 4.69) is 10.0 Å². The summed E-state index contributed by atoms with van der Waals surface area (Å²) in [5.74, 6) is 0. The van der Waals surface area contributed by atoms with Crippen LogP contribution in [0.1, 0.15) is 20.3 Å². The van der Waals surface area contributed by atoms with Gasteiger partial charge in [0.05, 0.1) is 5.25 Å². The van der Waals surface area contributed by atoms with E-state index in [9.17, 15) is 8.42 Å². The predicted octanol–water partition coefficient (Wildman–Crippen LogP) is -0.324. The van der Waals surface area contributed by atoms with Crippen molar-refractivity contribution >= 4 is 10.0 Å². The Morgan fingerprint density at radius 1 is 1.50 bits per heavy atom. The summed E-state index contributed by atoms with van der Waals surface area (Å²) < 4.78 is 25.4. The van der Waals surface area contributed by atoms with Crippen LogP contribution in [0.25, 0.3) is 0 Å². The minimum Gasteiger partial charge on any atom is -0.315 e. The van der Waals surface area contributed by atoms with Crippen LogP contribution in [-0.4, -0.2) is 32.8 Å². The number of hydrogen-bond donors (Lipinski definition) is 2. The summed E-state index contributed by atoms with van der Waals surface area (Å²) in [5, 5.41) is 2.77. The molecule has 0 aromatic heterocycles.